The molecule has 0 aromatic heterocycles. The van der Waals surface area contributed by atoms with Crippen molar-refractivity contribution in [1.29, 1.82) is 0 Å². The fourth-order valence-corrected chi connectivity index (χ4v) is 2.45. The van der Waals surface area contributed by atoms with Gasteiger partial charge in [-0.1, -0.05) is 22.6 Å². The number of hydrogen-bond donors (Lipinski definition) is 4. The molecule has 1 fully saturated rings. The van der Waals surface area contributed by atoms with E-state index in [0.29, 0.717) is 0 Å². The van der Waals surface area contributed by atoms with Crippen molar-refractivity contribution in [1.82, 2.24) is 5.32 Å². The minimum atomic E-state index is -1.21. The summed E-state index contributed by atoms with van der Waals surface area (Å²) >= 11 is 1.92. The van der Waals surface area contributed by atoms with Gasteiger partial charge in [-0.15, -0.1) is 0 Å². The molecule has 0 aromatic rings. The van der Waals surface area contributed by atoms with E-state index >= 15 is 0 Å². The van der Waals surface area contributed by atoms with Crippen molar-refractivity contribution in [2.45, 2.75) is 35.4 Å². The van der Waals surface area contributed by atoms with Gasteiger partial charge in [0.15, 0.2) is 6.29 Å². The molecule has 15 heavy (non-hydrogen) atoms. The molecular formula is C8H14INO5. The minimum absolute atomic E-state index is 0.307. The molecule has 6 nitrogen and oxygen atoms in total. The number of aliphatic hydroxyl groups excluding tert-OH is 3. The highest BCUT2D eigenvalue weighted by atomic mass is 127. The lowest BCUT2D eigenvalue weighted by atomic mass is 10.0. The number of nitrogens with one attached hydrogen (secondary N) is 1. The van der Waals surface area contributed by atoms with Gasteiger partial charge in [-0.25, -0.2) is 0 Å². The topological polar surface area (TPSA) is 99.0 Å². The van der Waals surface area contributed by atoms with Crippen LogP contribution in [-0.4, -0.2) is 56.3 Å². The van der Waals surface area contributed by atoms with Gasteiger partial charge in [-0.05, 0) is 0 Å². The van der Waals surface area contributed by atoms with E-state index in [0.717, 1.165) is 0 Å². The van der Waals surface area contributed by atoms with E-state index in [1.165, 1.54) is 6.92 Å². The quantitative estimate of drug-likeness (QED) is 0.360. The van der Waals surface area contributed by atoms with E-state index in [1.807, 2.05) is 22.6 Å². The highest BCUT2D eigenvalue weighted by molar-refractivity contribution is 14.1. The summed E-state index contributed by atoms with van der Waals surface area (Å²) in [6, 6.07) is -0.666. The first-order chi connectivity index (χ1) is 6.97. The van der Waals surface area contributed by atoms with Gasteiger partial charge in [0.1, 0.15) is 6.10 Å². The maximum atomic E-state index is 10.8. The Morgan fingerprint density at radius 2 is 2.13 bits per heavy atom. The lowest BCUT2D eigenvalue weighted by Crippen LogP contribution is -2.61. The molecular weight excluding hydrogens is 317 g/mol. The van der Waals surface area contributed by atoms with Crippen LogP contribution in [0.3, 0.4) is 0 Å². The van der Waals surface area contributed by atoms with Gasteiger partial charge in [0.2, 0.25) is 5.91 Å². The molecule has 1 aliphatic heterocycles. The number of alkyl halides is 1. The number of rotatable bonds is 2. The molecule has 1 saturated heterocycles. The summed E-state index contributed by atoms with van der Waals surface area (Å²) < 4.78 is 4.56. The summed E-state index contributed by atoms with van der Waals surface area (Å²) in [7, 11) is 0. The van der Waals surface area contributed by atoms with Gasteiger partial charge in [-0.3, -0.25) is 4.79 Å². The Morgan fingerprint density at radius 3 is 2.60 bits per heavy atom. The van der Waals surface area contributed by atoms with Crippen LogP contribution >= 0.6 is 22.6 Å². The predicted octanol–water partition coefficient (Wildman–Crippen LogP) is -1.63. The van der Waals surface area contributed by atoms with Crippen molar-refractivity contribution >= 4 is 28.5 Å². The van der Waals surface area contributed by atoms with Crippen LogP contribution in [0.5, 0.6) is 0 Å². The van der Waals surface area contributed by atoms with Gasteiger partial charge in [-0.2, -0.15) is 0 Å². The Balaban J connectivity index is 2.70. The van der Waals surface area contributed by atoms with Crippen molar-refractivity contribution in [2.24, 2.45) is 0 Å². The van der Waals surface area contributed by atoms with E-state index in [9.17, 15) is 15.0 Å². The van der Waals surface area contributed by atoms with Crippen LogP contribution in [0.25, 0.3) is 0 Å². The third-order valence-corrected chi connectivity index (χ3v) is 3.73. The van der Waals surface area contributed by atoms with E-state index in [1.54, 1.807) is 0 Å². The lowest BCUT2D eigenvalue weighted by Gasteiger charge is -2.40. The van der Waals surface area contributed by atoms with Crippen molar-refractivity contribution < 1.29 is 24.9 Å². The predicted molar refractivity (Wildman–Crippen MR) is 59.4 cm³/mol. The minimum Gasteiger partial charge on any atom is -0.394 e. The van der Waals surface area contributed by atoms with Crippen LogP contribution in [-0.2, 0) is 9.53 Å². The highest BCUT2D eigenvalue weighted by Crippen LogP contribution is 2.25. The fraction of sp³-hybridized carbons (Fsp3) is 0.875. The fourth-order valence-electron chi connectivity index (χ4n) is 1.46. The van der Waals surface area contributed by atoms with Crippen LogP contribution in [0.4, 0.5) is 0 Å². The summed E-state index contributed by atoms with van der Waals surface area (Å²) in [5.74, 6) is -0.307. The number of amides is 1. The van der Waals surface area contributed by atoms with Crippen molar-refractivity contribution in [3.63, 3.8) is 0 Å². The smallest absolute Gasteiger partial charge is 0.217 e. The number of ether oxygens (including phenoxy) is 1. The number of carbonyl (C=O) groups is 1. The summed E-state index contributed by atoms with van der Waals surface area (Å²) in [5, 5.41) is 30.6. The van der Waals surface area contributed by atoms with Crippen molar-refractivity contribution in [3.05, 3.63) is 0 Å². The van der Waals surface area contributed by atoms with E-state index in [2.05, 4.69) is 5.32 Å². The Kier molecular flexibility index (Phi) is 4.71. The van der Waals surface area contributed by atoms with Gasteiger partial charge in [0.25, 0.3) is 0 Å². The van der Waals surface area contributed by atoms with Crippen LogP contribution in [0.1, 0.15) is 6.92 Å². The van der Waals surface area contributed by atoms with Gasteiger partial charge in [0, 0.05) is 6.92 Å². The molecule has 0 spiro atoms. The number of carbonyl (C=O) groups excluding carboxylic acids is 1. The molecule has 1 aliphatic rings. The molecule has 4 N–H and O–H groups in total. The Hall–Kier alpha value is 0.0400. The Bertz CT molecular complexity index is 239. The third kappa shape index (κ3) is 3.00. The molecule has 1 unspecified atom stereocenters. The highest BCUT2D eigenvalue weighted by Gasteiger charge is 2.43. The number of hydrogen-bond acceptors (Lipinski definition) is 5. The molecule has 1 amide bonds. The molecule has 0 radical (unpaired) electrons. The molecule has 0 saturated carbocycles. The zero-order valence-corrected chi connectivity index (χ0v) is 10.3. The zero-order chi connectivity index (χ0) is 11.6. The monoisotopic (exact) mass is 331 g/mol. The largest absolute Gasteiger partial charge is 0.394 e. The molecule has 0 aliphatic carbocycles. The van der Waals surface area contributed by atoms with E-state index < -0.39 is 28.5 Å². The second-order valence-electron chi connectivity index (χ2n) is 3.41. The molecule has 5 atom stereocenters. The van der Waals surface area contributed by atoms with Gasteiger partial charge < -0.3 is 25.4 Å². The summed E-state index contributed by atoms with van der Waals surface area (Å²) in [6.07, 6.45) is -2.95. The van der Waals surface area contributed by atoms with Crippen molar-refractivity contribution in [3.8, 4) is 0 Å². The van der Waals surface area contributed by atoms with E-state index in [4.69, 9.17) is 9.84 Å². The SMILES string of the molecule is CC(=O)N[C@@H]1C(O)O[C@H](CO)[C@@H](O)[C@@H]1I. The normalized spacial score (nSPS) is 41.3. The van der Waals surface area contributed by atoms with E-state index in [-0.39, 0.29) is 12.5 Å². The molecule has 0 aromatic carbocycles. The van der Waals surface area contributed by atoms with Crippen LogP contribution in [0.2, 0.25) is 0 Å². The zero-order valence-electron chi connectivity index (χ0n) is 8.13. The van der Waals surface area contributed by atoms with Gasteiger partial charge in [0.05, 0.1) is 22.7 Å². The summed E-state index contributed by atoms with van der Waals surface area (Å²) in [4.78, 5) is 10.8. The molecule has 0 bridgehead atoms. The molecule has 88 valence electrons. The Labute approximate surface area is 101 Å². The molecule has 7 heteroatoms. The first-order valence-corrected chi connectivity index (χ1v) is 5.75. The number of halogens is 1. The standard InChI is InChI=1S/C8H14INO5/c1-3(12)10-6-5(9)7(13)4(2-11)15-8(6)14/h4-8,11,13-14H,2H2,1H3,(H,10,12)/t4-,5-,6+,7-,8?/m1/s1. The van der Waals surface area contributed by atoms with Crippen molar-refractivity contribution in [2.75, 3.05) is 6.61 Å². The third-order valence-electron chi connectivity index (χ3n) is 2.22. The summed E-state index contributed by atoms with van der Waals surface area (Å²) in [5.41, 5.74) is 0. The van der Waals surface area contributed by atoms with Crippen LogP contribution in [0, 0.1) is 0 Å². The molecule has 1 rings (SSSR count). The van der Waals surface area contributed by atoms with Crippen LogP contribution in [0.15, 0.2) is 0 Å². The van der Waals surface area contributed by atoms with Gasteiger partial charge >= 0.3 is 0 Å². The maximum absolute atomic E-state index is 10.8. The maximum Gasteiger partial charge on any atom is 0.217 e. The number of aliphatic hydroxyl groups is 3. The average Bonchev–Trinajstić information content (AvgIpc) is 2.18. The summed E-state index contributed by atoms with van der Waals surface area (Å²) in [6.45, 7) is 0.950. The molecule has 1 heterocycles. The lowest BCUT2D eigenvalue weighted by molar-refractivity contribution is -0.216. The van der Waals surface area contributed by atoms with Crippen LogP contribution < -0.4 is 5.32 Å². The average molecular weight is 331 g/mol. The second-order valence-corrected chi connectivity index (χ2v) is 4.85. The second kappa shape index (κ2) is 5.39. The Morgan fingerprint density at radius 1 is 1.53 bits per heavy atom. The first-order valence-electron chi connectivity index (χ1n) is 4.51. The first kappa shape index (κ1) is 13.1.